The first-order chi connectivity index (χ1) is 7.09. The van der Waals surface area contributed by atoms with E-state index in [1.165, 1.54) is 6.07 Å². The number of nitrogens with two attached hydrogens (primary N) is 1. The van der Waals surface area contributed by atoms with Gasteiger partial charge in [0.2, 0.25) is 0 Å². The van der Waals surface area contributed by atoms with E-state index in [0.717, 1.165) is 5.56 Å². The molecule has 0 amide bonds. The Hall–Kier alpha value is -0.930. The van der Waals surface area contributed by atoms with Crippen LogP contribution in [0.4, 0.5) is 4.39 Å². The van der Waals surface area contributed by atoms with Gasteiger partial charge in [-0.2, -0.15) is 0 Å². The summed E-state index contributed by atoms with van der Waals surface area (Å²) >= 11 is 0. The fraction of sp³-hybridized carbons (Fsp3) is 0.500. The Morgan fingerprint density at radius 2 is 2.33 bits per heavy atom. The van der Waals surface area contributed by atoms with E-state index in [9.17, 15) is 9.50 Å². The van der Waals surface area contributed by atoms with E-state index in [-0.39, 0.29) is 11.7 Å². The molecule has 2 unspecified atom stereocenters. The van der Waals surface area contributed by atoms with Crippen LogP contribution < -0.4 is 5.73 Å². The minimum absolute atomic E-state index is 0.0412. The lowest BCUT2D eigenvalue weighted by Crippen LogP contribution is -2.35. The Balaban J connectivity index is 2.48. The topological polar surface area (TPSA) is 46.2 Å². The van der Waals surface area contributed by atoms with Crippen LogP contribution in [-0.4, -0.2) is 11.7 Å². The third kappa shape index (κ3) is 1.46. The molecule has 0 spiro atoms. The van der Waals surface area contributed by atoms with Crippen LogP contribution in [0.15, 0.2) is 18.2 Å². The van der Waals surface area contributed by atoms with Crippen LogP contribution in [0.5, 0.6) is 0 Å². The summed E-state index contributed by atoms with van der Waals surface area (Å²) in [6, 6.07) is 4.89. The molecule has 82 valence electrons. The van der Waals surface area contributed by atoms with Crippen molar-refractivity contribution in [3.63, 3.8) is 0 Å². The molecule has 2 rings (SSSR count). The van der Waals surface area contributed by atoms with E-state index in [0.29, 0.717) is 24.9 Å². The molecule has 1 aromatic rings. The van der Waals surface area contributed by atoms with Crippen molar-refractivity contribution in [1.29, 1.82) is 0 Å². The molecule has 2 atom stereocenters. The maximum atomic E-state index is 13.5. The number of rotatable bonds is 2. The van der Waals surface area contributed by atoms with Gasteiger partial charge >= 0.3 is 0 Å². The zero-order chi connectivity index (χ0) is 11.1. The number of hydrogen-bond donors (Lipinski definition) is 2. The zero-order valence-corrected chi connectivity index (χ0v) is 8.83. The SMILES string of the molecule is CC(CN)C1(O)CCc2c(F)cccc21. The first-order valence-corrected chi connectivity index (χ1v) is 5.30. The van der Waals surface area contributed by atoms with Gasteiger partial charge in [-0.25, -0.2) is 4.39 Å². The van der Waals surface area contributed by atoms with Crippen molar-refractivity contribution in [2.24, 2.45) is 11.7 Å². The number of halogens is 1. The van der Waals surface area contributed by atoms with Gasteiger partial charge in [-0.15, -0.1) is 0 Å². The van der Waals surface area contributed by atoms with Crippen LogP contribution in [0.2, 0.25) is 0 Å². The zero-order valence-electron chi connectivity index (χ0n) is 8.83. The molecule has 0 aliphatic heterocycles. The molecule has 0 bridgehead atoms. The summed E-state index contributed by atoms with van der Waals surface area (Å²) < 4.78 is 13.5. The Morgan fingerprint density at radius 3 is 3.00 bits per heavy atom. The second kappa shape index (κ2) is 3.58. The van der Waals surface area contributed by atoms with E-state index in [1.807, 2.05) is 6.92 Å². The number of aliphatic hydroxyl groups is 1. The molecule has 3 N–H and O–H groups in total. The van der Waals surface area contributed by atoms with E-state index in [2.05, 4.69) is 0 Å². The molecule has 3 heteroatoms. The first kappa shape index (κ1) is 10.6. The molecule has 1 aromatic carbocycles. The predicted octanol–water partition coefficient (Wildman–Crippen LogP) is 1.55. The highest BCUT2D eigenvalue weighted by atomic mass is 19.1. The van der Waals surface area contributed by atoms with Crippen LogP contribution in [0, 0.1) is 11.7 Å². The maximum absolute atomic E-state index is 13.5. The smallest absolute Gasteiger partial charge is 0.126 e. The van der Waals surface area contributed by atoms with Gasteiger partial charge in [0.25, 0.3) is 0 Å². The summed E-state index contributed by atoms with van der Waals surface area (Å²) in [7, 11) is 0. The van der Waals surface area contributed by atoms with Crippen molar-refractivity contribution >= 4 is 0 Å². The molecule has 1 aliphatic rings. The molecule has 0 heterocycles. The summed E-state index contributed by atoms with van der Waals surface area (Å²) in [4.78, 5) is 0. The molecule has 0 aromatic heterocycles. The summed E-state index contributed by atoms with van der Waals surface area (Å²) in [5.74, 6) is -0.256. The number of benzene rings is 1. The van der Waals surface area contributed by atoms with Crippen molar-refractivity contribution in [1.82, 2.24) is 0 Å². The molecular weight excluding hydrogens is 193 g/mol. The van der Waals surface area contributed by atoms with E-state index < -0.39 is 5.60 Å². The lowest BCUT2D eigenvalue weighted by Gasteiger charge is -2.30. The van der Waals surface area contributed by atoms with E-state index in [4.69, 9.17) is 5.73 Å². The Bertz CT molecular complexity index is 380. The lowest BCUT2D eigenvalue weighted by atomic mass is 9.83. The van der Waals surface area contributed by atoms with Gasteiger partial charge in [0, 0.05) is 5.92 Å². The summed E-state index contributed by atoms with van der Waals surface area (Å²) in [5.41, 5.74) is 6.02. The largest absolute Gasteiger partial charge is 0.385 e. The molecule has 2 nitrogen and oxygen atoms in total. The van der Waals surface area contributed by atoms with Crippen molar-refractivity contribution in [2.75, 3.05) is 6.54 Å². The van der Waals surface area contributed by atoms with Crippen LogP contribution in [-0.2, 0) is 12.0 Å². The summed E-state index contributed by atoms with van der Waals surface area (Å²) in [6.45, 7) is 2.31. The minimum Gasteiger partial charge on any atom is -0.385 e. The van der Waals surface area contributed by atoms with Crippen LogP contribution in [0.25, 0.3) is 0 Å². The first-order valence-electron chi connectivity index (χ1n) is 5.30. The summed E-state index contributed by atoms with van der Waals surface area (Å²) in [5, 5.41) is 10.5. The maximum Gasteiger partial charge on any atom is 0.126 e. The number of fused-ring (bicyclic) bond motifs is 1. The standard InChI is InChI=1S/C12H16FNO/c1-8(7-14)12(15)6-5-9-10(12)3-2-4-11(9)13/h2-4,8,15H,5-7,14H2,1H3. The Kier molecular flexibility index (Phi) is 2.52. The van der Waals surface area contributed by atoms with E-state index in [1.54, 1.807) is 12.1 Å². The molecule has 1 aliphatic carbocycles. The van der Waals surface area contributed by atoms with Crippen LogP contribution >= 0.6 is 0 Å². The third-order valence-electron chi connectivity index (χ3n) is 3.51. The normalized spacial score (nSPS) is 26.4. The van der Waals surface area contributed by atoms with Crippen LogP contribution in [0.1, 0.15) is 24.5 Å². The van der Waals surface area contributed by atoms with Gasteiger partial charge in [0.05, 0.1) is 5.60 Å². The average molecular weight is 209 g/mol. The van der Waals surface area contributed by atoms with Crippen molar-refractivity contribution in [2.45, 2.75) is 25.4 Å². The Labute approximate surface area is 88.9 Å². The van der Waals surface area contributed by atoms with Gasteiger partial charge in [-0.3, -0.25) is 0 Å². The van der Waals surface area contributed by atoms with Crippen molar-refractivity contribution in [3.05, 3.63) is 35.1 Å². The van der Waals surface area contributed by atoms with Crippen molar-refractivity contribution < 1.29 is 9.50 Å². The second-order valence-corrected chi connectivity index (χ2v) is 4.33. The highest BCUT2D eigenvalue weighted by Crippen LogP contribution is 2.42. The molecule has 15 heavy (non-hydrogen) atoms. The monoisotopic (exact) mass is 209 g/mol. The van der Waals surface area contributed by atoms with Gasteiger partial charge < -0.3 is 10.8 Å². The molecule has 0 saturated carbocycles. The Morgan fingerprint density at radius 1 is 1.60 bits per heavy atom. The van der Waals surface area contributed by atoms with Crippen LogP contribution in [0.3, 0.4) is 0 Å². The molecule has 0 fully saturated rings. The highest BCUT2D eigenvalue weighted by Gasteiger charge is 2.41. The van der Waals surface area contributed by atoms with Gasteiger partial charge in [0.1, 0.15) is 5.82 Å². The average Bonchev–Trinajstić information content (AvgIpc) is 2.59. The lowest BCUT2D eigenvalue weighted by molar-refractivity contribution is -0.0118. The third-order valence-corrected chi connectivity index (χ3v) is 3.51. The predicted molar refractivity (Wildman–Crippen MR) is 56.8 cm³/mol. The fourth-order valence-electron chi connectivity index (χ4n) is 2.38. The minimum atomic E-state index is -0.938. The molecule has 0 radical (unpaired) electrons. The van der Waals surface area contributed by atoms with Gasteiger partial charge in [-0.1, -0.05) is 19.1 Å². The van der Waals surface area contributed by atoms with Gasteiger partial charge in [0.15, 0.2) is 0 Å². The quantitative estimate of drug-likeness (QED) is 0.776. The molecule has 0 saturated heterocycles. The molecular formula is C12H16FNO. The fourth-order valence-corrected chi connectivity index (χ4v) is 2.38. The summed E-state index contributed by atoms with van der Waals surface area (Å²) in [6.07, 6.45) is 1.17. The van der Waals surface area contributed by atoms with E-state index >= 15 is 0 Å². The number of hydrogen-bond acceptors (Lipinski definition) is 2. The highest BCUT2D eigenvalue weighted by molar-refractivity contribution is 5.38. The van der Waals surface area contributed by atoms with Crippen molar-refractivity contribution in [3.8, 4) is 0 Å². The second-order valence-electron chi connectivity index (χ2n) is 4.33. The van der Waals surface area contributed by atoms with Gasteiger partial charge in [-0.05, 0) is 36.6 Å².